The maximum Gasteiger partial charge on any atom is 0.414 e. The van der Waals surface area contributed by atoms with E-state index in [9.17, 15) is 4.79 Å². The van der Waals surface area contributed by atoms with Gasteiger partial charge in [-0.3, -0.25) is 9.69 Å². The molecular weight excluding hydrogens is 460 g/mol. The van der Waals surface area contributed by atoms with Crippen LogP contribution in [0.15, 0.2) is 36.4 Å². The second-order valence-electron chi connectivity index (χ2n) is 7.43. The lowest BCUT2D eigenvalue weighted by molar-refractivity contribution is -0.159. The fraction of sp³-hybridized carbons (Fsp3) is 0.375. The summed E-state index contributed by atoms with van der Waals surface area (Å²) in [6.45, 7) is 3.66. The number of carboxylic acid groups (broad SMARTS) is 2. The Balaban J connectivity index is 0.000000641. The molecule has 1 amide bonds. The molecule has 0 saturated carbocycles. The third-order valence-corrected chi connectivity index (χ3v) is 5.36. The van der Waals surface area contributed by atoms with Gasteiger partial charge in [0.1, 0.15) is 11.5 Å². The van der Waals surface area contributed by atoms with Gasteiger partial charge < -0.3 is 34.1 Å². The lowest BCUT2D eigenvalue weighted by atomic mass is 10.1. The monoisotopic (exact) mass is 490 g/mol. The van der Waals surface area contributed by atoms with E-state index in [0.29, 0.717) is 36.7 Å². The smallest absolute Gasteiger partial charge is 0.414 e. The van der Waals surface area contributed by atoms with E-state index in [2.05, 4.69) is 4.90 Å². The molecule has 0 radical (unpaired) electrons. The zero-order chi connectivity index (χ0) is 26.0. The van der Waals surface area contributed by atoms with Gasteiger partial charge in [-0.1, -0.05) is 0 Å². The summed E-state index contributed by atoms with van der Waals surface area (Å²) in [5.74, 6) is -0.768. The molecule has 1 saturated heterocycles. The maximum absolute atomic E-state index is 12.7. The number of rotatable bonds is 7. The van der Waals surface area contributed by atoms with E-state index in [-0.39, 0.29) is 5.91 Å². The van der Waals surface area contributed by atoms with Crippen molar-refractivity contribution in [1.82, 2.24) is 9.80 Å². The van der Waals surface area contributed by atoms with Crippen molar-refractivity contribution in [2.24, 2.45) is 0 Å². The summed E-state index contributed by atoms with van der Waals surface area (Å²) < 4.78 is 21.5. The molecule has 1 fully saturated rings. The first-order valence-electron chi connectivity index (χ1n) is 10.6. The molecule has 2 aromatic rings. The zero-order valence-corrected chi connectivity index (χ0v) is 20.1. The molecule has 0 aromatic heterocycles. The number of carbonyl (C=O) groups excluding carboxylic acids is 1. The van der Waals surface area contributed by atoms with Gasteiger partial charge in [0.25, 0.3) is 5.91 Å². The van der Waals surface area contributed by atoms with Crippen LogP contribution in [0.1, 0.15) is 15.9 Å². The van der Waals surface area contributed by atoms with E-state index in [1.165, 1.54) is 0 Å². The SMILES string of the molecule is COc1ccc(C(=O)N2CCN(Cc3cc(OC)c(OC)cc3OC)CC2)cc1.O=C(O)C(=O)O. The molecule has 0 atom stereocenters. The summed E-state index contributed by atoms with van der Waals surface area (Å²) in [5.41, 5.74) is 1.71. The minimum Gasteiger partial charge on any atom is -0.497 e. The minimum atomic E-state index is -1.82. The van der Waals surface area contributed by atoms with Gasteiger partial charge in [0.05, 0.1) is 28.4 Å². The number of ether oxygens (including phenoxy) is 4. The molecule has 1 aliphatic rings. The lowest BCUT2D eigenvalue weighted by Gasteiger charge is -2.35. The van der Waals surface area contributed by atoms with Gasteiger partial charge >= 0.3 is 11.9 Å². The number of aliphatic carboxylic acids is 2. The number of methoxy groups -OCH3 is 4. The molecule has 35 heavy (non-hydrogen) atoms. The van der Waals surface area contributed by atoms with Gasteiger partial charge in [-0.05, 0) is 30.3 Å². The first kappa shape index (κ1) is 27.3. The van der Waals surface area contributed by atoms with Crippen molar-refractivity contribution < 1.29 is 43.5 Å². The Morgan fingerprint density at radius 3 is 1.71 bits per heavy atom. The van der Waals surface area contributed by atoms with Crippen LogP contribution in [0.3, 0.4) is 0 Å². The molecule has 3 rings (SSSR count). The Labute approximate surface area is 203 Å². The van der Waals surface area contributed by atoms with Crippen molar-refractivity contribution in [3.63, 3.8) is 0 Å². The van der Waals surface area contributed by atoms with Gasteiger partial charge in [-0.2, -0.15) is 0 Å². The molecule has 1 heterocycles. The van der Waals surface area contributed by atoms with Crippen LogP contribution in [0, 0.1) is 0 Å². The van der Waals surface area contributed by atoms with Crippen LogP contribution in [-0.4, -0.2) is 92.5 Å². The highest BCUT2D eigenvalue weighted by Gasteiger charge is 2.23. The number of hydrogen-bond donors (Lipinski definition) is 2. The number of carbonyl (C=O) groups is 3. The van der Waals surface area contributed by atoms with Crippen molar-refractivity contribution in [3.05, 3.63) is 47.5 Å². The van der Waals surface area contributed by atoms with Crippen LogP contribution < -0.4 is 18.9 Å². The topological polar surface area (TPSA) is 135 Å². The predicted molar refractivity (Wildman–Crippen MR) is 126 cm³/mol. The number of benzene rings is 2. The zero-order valence-electron chi connectivity index (χ0n) is 20.1. The highest BCUT2D eigenvalue weighted by atomic mass is 16.5. The van der Waals surface area contributed by atoms with E-state index in [1.807, 2.05) is 41.3 Å². The van der Waals surface area contributed by atoms with Crippen molar-refractivity contribution in [2.45, 2.75) is 6.54 Å². The summed E-state index contributed by atoms with van der Waals surface area (Å²) in [4.78, 5) is 35.1. The molecule has 0 unspecified atom stereocenters. The van der Waals surface area contributed by atoms with Gasteiger partial charge in [0.15, 0.2) is 11.5 Å². The molecule has 11 nitrogen and oxygen atoms in total. The van der Waals surface area contributed by atoms with Crippen molar-refractivity contribution in [3.8, 4) is 23.0 Å². The number of hydrogen-bond acceptors (Lipinski definition) is 8. The molecule has 190 valence electrons. The number of piperazine rings is 1. The van der Waals surface area contributed by atoms with E-state index < -0.39 is 11.9 Å². The third kappa shape index (κ3) is 7.51. The van der Waals surface area contributed by atoms with E-state index in [4.69, 9.17) is 38.7 Å². The molecule has 11 heteroatoms. The van der Waals surface area contributed by atoms with Crippen LogP contribution in [0.2, 0.25) is 0 Å². The van der Waals surface area contributed by atoms with Crippen LogP contribution in [0.4, 0.5) is 0 Å². The Bertz CT molecular complexity index is 1000. The van der Waals surface area contributed by atoms with E-state index in [0.717, 1.165) is 30.2 Å². The number of amides is 1. The van der Waals surface area contributed by atoms with Crippen molar-refractivity contribution in [2.75, 3.05) is 54.6 Å². The van der Waals surface area contributed by atoms with Crippen molar-refractivity contribution >= 4 is 17.8 Å². The fourth-order valence-corrected chi connectivity index (χ4v) is 3.48. The first-order chi connectivity index (χ1) is 16.7. The highest BCUT2D eigenvalue weighted by Crippen LogP contribution is 2.35. The summed E-state index contributed by atoms with van der Waals surface area (Å²) in [6, 6.07) is 11.0. The van der Waals surface area contributed by atoms with Crippen molar-refractivity contribution in [1.29, 1.82) is 0 Å². The third-order valence-electron chi connectivity index (χ3n) is 5.36. The lowest BCUT2D eigenvalue weighted by Crippen LogP contribution is -2.48. The summed E-state index contributed by atoms with van der Waals surface area (Å²) in [7, 11) is 6.49. The Kier molecular flexibility index (Phi) is 10.2. The van der Waals surface area contributed by atoms with E-state index in [1.54, 1.807) is 28.4 Å². The summed E-state index contributed by atoms with van der Waals surface area (Å²) in [5, 5.41) is 14.8. The van der Waals surface area contributed by atoms with Crippen LogP contribution >= 0.6 is 0 Å². The Morgan fingerprint density at radius 1 is 0.743 bits per heavy atom. The van der Waals surface area contributed by atoms with E-state index >= 15 is 0 Å². The molecule has 0 aliphatic carbocycles. The Hall–Kier alpha value is -3.99. The predicted octanol–water partition coefficient (Wildman–Crippen LogP) is 1.83. The molecule has 0 spiro atoms. The normalized spacial score (nSPS) is 13.2. The van der Waals surface area contributed by atoms with Gasteiger partial charge in [-0.25, -0.2) is 9.59 Å². The quantitative estimate of drug-likeness (QED) is 0.554. The van der Waals surface area contributed by atoms with Crippen LogP contribution in [-0.2, 0) is 16.1 Å². The molecular formula is C24H30N2O9. The van der Waals surface area contributed by atoms with Crippen LogP contribution in [0.5, 0.6) is 23.0 Å². The molecule has 1 aliphatic heterocycles. The molecule has 2 aromatic carbocycles. The Morgan fingerprint density at radius 2 is 1.26 bits per heavy atom. The van der Waals surface area contributed by atoms with Crippen LogP contribution in [0.25, 0.3) is 0 Å². The van der Waals surface area contributed by atoms with Gasteiger partial charge in [-0.15, -0.1) is 0 Å². The number of carboxylic acids is 2. The summed E-state index contributed by atoms with van der Waals surface area (Å²) in [6.07, 6.45) is 0. The average molecular weight is 491 g/mol. The largest absolute Gasteiger partial charge is 0.497 e. The first-order valence-corrected chi connectivity index (χ1v) is 10.6. The molecule has 2 N–H and O–H groups in total. The second-order valence-corrected chi connectivity index (χ2v) is 7.43. The standard InChI is InChI=1S/C22H28N2O5.C2H2O4/c1-26-18-7-5-16(6-8-18)22(25)24-11-9-23(10-12-24)15-17-13-20(28-3)21(29-4)14-19(17)27-2;3-1(4)2(5)6/h5-8,13-14H,9-12,15H2,1-4H3;(H,3,4)(H,5,6). The second kappa shape index (κ2) is 13.0. The highest BCUT2D eigenvalue weighted by molar-refractivity contribution is 6.27. The minimum absolute atomic E-state index is 0.0519. The molecule has 0 bridgehead atoms. The number of nitrogens with zero attached hydrogens (tertiary/aromatic N) is 2. The van der Waals surface area contributed by atoms with Gasteiger partial charge in [0.2, 0.25) is 0 Å². The summed E-state index contributed by atoms with van der Waals surface area (Å²) >= 11 is 0. The maximum atomic E-state index is 12.7. The fourth-order valence-electron chi connectivity index (χ4n) is 3.48. The van der Waals surface area contributed by atoms with Gasteiger partial charge in [0, 0.05) is 49.9 Å². The average Bonchev–Trinajstić information content (AvgIpc) is 2.88.